The van der Waals surface area contributed by atoms with Crippen LogP contribution in [-0.2, 0) is 19.9 Å². The molecule has 0 saturated carbocycles. The fourth-order valence-corrected chi connectivity index (χ4v) is 5.06. The minimum Gasteiger partial charge on any atom is -0.329 e. The zero-order valence-electron chi connectivity index (χ0n) is 11.9. The van der Waals surface area contributed by atoms with Crippen molar-refractivity contribution in [1.29, 1.82) is 0 Å². The van der Waals surface area contributed by atoms with Crippen molar-refractivity contribution in [3.8, 4) is 0 Å². The molecular formula is C15H16N4S2. The van der Waals surface area contributed by atoms with Crippen molar-refractivity contribution >= 4 is 33.3 Å². The average molecular weight is 316 g/mol. The van der Waals surface area contributed by atoms with Gasteiger partial charge in [-0.25, -0.2) is 15.0 Å². The fraction of sp³-hybridized carbons (Fsp3) is 0.400. The number of hydrogen-bond acceptors (Lipinski definition) is 5. The van der Waals surface area contributed by atoms with E-state index in [4.69, 9.17) is 0 Å². The summed E-state index contributed by atoms with van der Waals surface area (Å²) in [6.45, 7) is 0. The molecule has 0 saturated heterocycles. The quantitative estimate of drug-likeness (QED) is 0.532. The Balaban J connectivity index is 1.85. The topological polar surface area (TPSA) is 43.6 Å². The Morgan fingerprint density at radius 1 is 1.14 bits per heavy atom. The van der Waals surface area contributed by atoms with Gasteiger partial charge in [-0.1, -0.05) is 6.42 Å². The molecule has 108 valence electrons. The van der Waals surface area contributed by atoms with Gasteiger partial charge >= 0.3 is 0 Å². The Morgan fingerprint density at radius 2 is 2.05 bits per heavy atom. The van der Waals surface area contributed by atoms with Crippen LogP contribution in [0.3, 0.4) is 0 Å². The summed E-state index contributed by atoms with van der Waals surface area (Å²) < 4.78 is 2.03. The predicted octanol–water partition coefficient (Wildman–Crippen LogP) is 3.84. The number of aromatic nitrogens is 4. The van der Waals surface area contributed by atoms with Gasteiger partial charge in [0.15, 0.2) is 5.16 Å². The third-order valence-corrected chi connectivity index (χ3v) is 6.21. The first-order valence-electron chi connectivity index (χ1n) is 7.23. The third-order valence-electron chi connectivity index (χ3n) is 3.93. The Kier molecular flexibility index (Phi) is 3.43. The monoisotopic (exact) mass is 316 g/mol. The van der Waals surface area contributed by atoms with Crippen molar-refractivity contribution in [1.82, 2.24) is 19.5 Å². The maximum atomic E-state index is 4.54. The number of nitrogens with zero attached hydrogens (tertiary/aromatic N) is 4. The van der Waals surface area contributed by atoms with Crippen molar-refractivity contribution in [2.24, 2.45) is 7.05 Å². The maximum absolute atomic E-state index is 4.54. The molecule has 3 aromatic heterocycles. The lowest BCUT2D eigenvalue weighted by atomic mass is 10.1. The summed E-state index contributed by atoms with van der Waals surface area (Å²) in [4.78, 5) is 16.1. The first-order chi connectivity index (χ1) is 10.3. The minimum absolute atomic E-state index is 0.976. The molecule has 21 heavy (non-hydrogen) atoms. The predicted molar refractivity (Wildman–Crippen MR) is 86.0 cm³/mol. The summed E-state index contributed by atoms with van der Waals surface area (Å²) in [5.74, 6) is 0. The molecule has 1 aliphatic carbocycles. The minimum atomic E-state index is 0.976. The van der Waals surface area contributed by atoms with Crippen LogP contribution in [0.2, 0.25) is 0 Å². The highest BCUT2D eigenvalue weighted by molar-refractivity contribution is 7.99. The van der Waals surface area contributed by atoms with Crippen LogP contribution in [0.1, 0.15) is 29.7 Å². The lowest BCUT2D eigenvalue weighted by Gasteiger charge is -2.04. The molecule has 3 aromatic rings. The number of thiophene rings is 1. The Morgan fingerprint density at radius 3 is 2.90 bits per heavy atom. The van der Waals surface area contributed by atoms with Crippen LogP contribution >= 0.6 is 23.1 Å². The second kappa shape index (κ2) is 5.42. The largest absolute Gasteiger partial charge is 0.329 e. The molecule has 3 heterocycles. The van der Waals surface area contributed by atoms with Crippen molar-refractivity contribution in [3.63, 3.8) is 0 Å². The highest BCUT2D eigenvalue weighted by Gasteiger charge is 2.20. The summed E-state index contributed by atoms with van der Waals surface area (Å²) in [6.07, 6.45) is 11.8. The van der Waals surface area contributed by atoms with Gasteiger partial charge in [-0.2, -0.15) is 0 Å². The average Bonchev–Trinajstić information content (AvgIpc) is 2.96. The van der Waals surface area contributed by atoms with E-state index >= 15 is 0 Å². The van der Waals surface area contributed by atoms with Crippen LogP contribution in [0.15, 0.2) is 28.9 Å². The molecule has 6 heteroatoms. The summed E-state index contributed by atoms with van der Waals surface area (Å²) in [7, 11) is 2.02. The number of rotatable bonds is 2. The van der Waals surface area contributed by atoms with Gasteiger partial charge in [-0.05, 0) is 43.0 Å². The number of aryl methyl sites for hydroxylation is 3. The summed E-state index contributed by atoms with van der Waals surface area (Å²) >= 11 is 3.49. The standard InChI is InChI=1S/C15H16N4S2/c1-19-8-7-16-15(19)21-14-12-10-5-3-2-4-6-11(10)20-13(12)17-9-18-14/h7-9H,2-6H2,1H3. The molecular weight excluding hydrogens is 300 g/mol. The van der Waals surface area contributed by atoms with Crippen molar-refractivity contribution in [3.05, 3.63) is 29.2 Å². The van der Waals surface area contributed by atoms with Gasteiger partial charge in [-0.15, -0.1) is 11.3 Å². The van der Waals surface area contributed by atoms with E-state index in [0.29, 0.717) is 0 Å². The summed E-state index contributed by atoms with van der Waals surface area (Å²) in [5, 5.41) is 3.30. The van der Waals surface area contributed by atoms with Crippen LogP contribution in [0.4, 0.5) is 0 Å². The van der Waals surface area contributed by atoms with E-state index in [1.54, 1.807) is 18.1 Å². The van der Waals surface area contributed by atoms with Crippen molar-refractivity contribution in [2.75, 3.05) is 0 Å². The third kappa shape index (κ3) is 2.36. The highest BCUT2D eigenvalue weighted by atomic mass is 32.2. The van der Waals surface area contributed by atoms with E-state index in [1.165, 1.54) is 41.5 Å². The van der Waals surface area contributed by atoms with E-state index in [-0.39, 0.29) is 0 Å². The van der Waals surface area contributed by atoms with E-state index in [2.05, 4.69) is 15.0 Å². The van der Waals surface area contributed by atoms with Gasteiger partial charge in [0, 0.05) is 29.7 Å². The Bertz CT molecular complexity index is 790. The first-order valence-corrected chi connectivity index (χ1v) is 8.86. The molecule has 1 aliphatic rings. The van der Waals surface area contributed by atoms with Gasteiger partial charge in [0.05, 0.1) is 0 Å². The lowest BCUT2D eigenvalue weighted by molar-refractivity contribution is 0.713. The second-order valence-electron chi connectivity index (χ2n) is 5.35. The van der Waals surface area contributed by atoms with Gasteiger partial charge in [0.1, 0.15) is 16.2 Å². The van der Waals surface area contributed by atoms with E-state index in [9.17, 15) is 0 Å². The highest BCUT2D eigenvalue weighted by Crippen LogP contribution is 2.40. The second-order valence-corrected chi connectivity index (χ2v) is 7.39. The van der Waals surface area contributed by atoms with Crippen molar-refractivity contribution in [2.45, 2.75) is 42.3 Å². The summed E-state index contributed by atoms with van der Waals surface area (Å²) in [6, 6.07) is 0. The van der Waals surface area contributed by atoms with Crippen LogP contribution < -0.4 is 0 Å². The van der Waals surface area contributed by atoms with Gasteiger partial charge in [0.25, 0.3) is 0 Å². The molecule has 0 bridgehead atoms. The van der Waals surface area contributed by atoms with Crippen LogP contribution in [0, 0.1) is 0 Å². The SMILES string of the molecule is Cn1ccnc1Sc1ncnc2sc3c(c12)CCCCC3. The normalized spacial score (nSPS) is 15.1. The van der Waals surface area contributed by atoms with E-state index in [0.717, 1.165) is 21.4 Å². The molecule has 0 N–H and O–H groups in total. The number of imidazole rings is 1. The molecule has 0 aromatic carbocycles. The van der Waals surface area contributed by atoms with E-state index < -0.39 is 0 Å². The zero-order chi connectivity index (χ0) is 14.2. The lowest BCUT2D eigenvalue weighted by Crippen LogP contribution is -1.93. The number of fused-ring (bicyclic) bond motifs is 3. The Labute approximate surface area is 131 Å². The summed E-state index contributed by atoms with van der Waals surface area (Å²) in [5.41, 5.74) is 1.49. The van der Waals surface area contributed by atoms with Gasteiger partial charge < -0.3 is 4.57 Å². The molecule has 0 fully saturated rings. The van der Waals surface area contributed by atoms with Gasteiger partial charge in [-0.3, -0.25) is 0 Å². The smallest absolute Gasteiger partial charge is 0.174 e. The zero-order valence-corrected chi connectivity index (χ0v) is 13.5. The van der Waals surface area contributed by atoms with Crippen LogP contribution in [-0.4, -0.2) is 19.5 Å². The molecule has 0 radical (unpaired) electrons. The van der Waals surface area contributed by atoms with Gasteiger partial charge in [0.2, 0.25) is 0 Å². The first kappa shape index (κ1) is 13.3. The molecule has 0 amide bonds. The molecule has 0 atom stereocenters. The molecule has 0 spiro atoms. The number of hydrogen-bond donors (Lipinski definition) is 0. The van der Waals surface area contributed by atoms with E-state index in [1.807, 2.05) is 35.3 Å². The maximum Gasteiger partial charge on any atom is 0.174 e. The van der Waals surface area contributed by atoms with Crippen molar-refractivity contribution < 1.29 is 0 Å². The molecule has 0 unspecified atom stereocenters. The molecule has 4 nitrogen and oxygen atoms in total. The Hall–Kier alpha value is -1.40. The molecule has 0 aliphatic heterocycles. The van der Waals surface area contributed by atoms with Crippen LogP contribution in [0.25, 0.3) is 10.2 Å². The van der Waals surface area contributed by atoms with Crippen LogP contribution in [0.5, 0.6) is 0 Å². The molecule has 4 rings (SSSR count). The fourth-order valence-electron chi connectivity index (χ4n) is 2.85.